The van der Waals surface area contributed by atoms with Gasteiger partial charge in [-0.05, 0) is 98.8 Å². The van der Waals surface area contributed by atoms with E-state index in [9.17, 15) is 0 Å². The molecule has 0 aliphatic carbocycles. The van der Waals surface area contributed by atoms with Crippen molar-refractivity contribution in [2.45, 2.75) is 0 Å². The van der Waals surface area contributed by atoms with Gasteiger partial charge in [0, 0.05) is 38.5 Å². The first-order chi connectivity index (χ1) is 31.2. The molecular formula is C60H39N3. The van der Waals surface area contributed by atoms with Crippen LogP contribution in [-0.4, -0.2) is 14.5 Å². The molecule has 0 saturated carbocycles. The van der Waals surface area contributed by atoms with Crippen molar-refractivity contribution in [2.75, 3.05) is 0 Å². The maximum Gasteiger partial charge on any atom is 0.0722 e. The number of nitrogens with zero attached hydrogens (tertiary/aromatic N) is 3. The number of hydrogen-bond acceptors (Lipinski definition) is 2. The Bertz CT molecular complexity index is 3610. The highest BCUT2D eigenvalue weighted by atomic mass is 15.0. The molecule has 63 heavy (non-hydrogen) atoms. The fraction of sp³-hybridized carbons (Fsp3) is 0. The van der Waals surface area contributed by atoms with Crippen LogP contribution in [0, 0.1) is 0 Å². The monoisotopic (exact) mass is 801 g/mol. The first kappa shape index (κ1) is 36.5. The molecule has 9 aromatic carbocycles. The van der Waals surface area contributed by atoms with Crippen molar-refractivity contribution in [1.29, 1.82) is 0 Å². The van der Waals surface area contributed by atoms with E-state index >= 15 is 0 Å². The van der Waals surface area contributed by atoms with Gasteiger partial charge in [-0.1, -0.05) is 182 Å². The molecule has 0 radical (unpaired) electrons. The summed E-state index contributed by atoms with van der Waals surface area (Å²) in [6.45, 7) is 0. The van der Waals surface area contributed by atoms with Crippen molar-refractivity contribution < 1.29 is 0 Å². The molecule has 0 amide bonds. The van der Waals surface area contributed by atoms with Gasteiger partial charge in [0.2, 0.25) is 0 Å². The molecule has 12 aromatic rings. The molecule has 3 nitrogen and oxygen atoms in total. The fourth-order valence-corrected chi connectivity index (χ4v) is 9.42. The van der Waals surface area contributed by atoms with Crippen LogP contribution in [0.2, 0.25) is 0 Å². The van der Waals surface area contributed by atoms with Gasteiger partial charge in [-0.15, -0.1) is 0 Å². The second-order valence-electron chi connectivity index (χ2n) is 16.1. The van der Waals surface area contributed by atoms with Gasteiger partial charge in [0.15, 0.2) is 0 Å². The molecule has 0 aliphatic rings. The summed E-state index contributed by atoms with van der Waals surface area (Å²) in [5, 5.41) is 6.02. The minimum absolute atomic E-state index is 0.923. The summed E-state index contributed by atoms with van der Waals surface area (Å²) in [5.41, 5.74) is 17.4. The Morgan fingerprint density at radius 2 is 0.794 bits per heavy atom. The molecule has 0 atom stereocenters. The third-order valence-electron chi connectivity index (χ3n) is 12.4. The van der Waals surface area contributed by atoms with Crippen molar-refractivity contribution in [1.82, 2.24) is 14.5 Å². The molecule has 0 saturated heterocycles. The first-order valence-electron chi connectivity index (χ1n) is 21.5. The van der Waals surface area contributed by atoms with Gasteiger partial charge < -0.3 is 4.57 Å². The SMILES string of the molecule is c1ccc(-c2cc(-c3cccc(-c4cccc5c4ccc4nc(-c6ccccc6)cc(-c6ccccc6)c45)c3)cc(-c3cccc(-n4c5ccccc5c5ccccc54)c3)n2)cc1. The topological polar surface area (TPSA) is 30.7 Å². The minimum atomic E-state index is 0.923. The Kier molecular flexibility index (Phi) is 8.83. The lowest BCUT2D eigenvalue weighted by molar-refractivity contribution is 1.18. The lowest BCUT2D eigenvalue weighted by atomic mass is 9.90. The second kappa shape index (κ2) is 15.3. The van der Waals surface area contributed by atoms with Crippen molar-refractivity contribution >= 4 is 43.5 Å². The van der Waals surface area contributed by atoms with Crippen molar-refractivity contribution in [2.24, 2.45) is 0 Å². The molecule has 3 aromatic heterocycles. The summed E-state index contributed by atoms with van der Waals surface area (Å²) < 4.78 is 2.37. The maximum atomic E-state index is 5.34. The largest absolute Gasteiger partial charge is 0.309 e. The molecule has 0 aliphatic heterocycles. The van der Waals surface area contributed by atoms with E-state index in [1.807, 2.05) is 0 Å². The Balaban J connectivity index is 1.00. The van der Waals surface area contributed by atoms with Gasteiger partial charge >= 0.3 is 0 Å². The molecule has 0 spiro atoms. The summed E-state index contributed by atoms with van der Waals surface area (Å²) in [4.78, 5) is 10.6. The number of fused-ring (bicyclic) bond motifs is 6. The van der Waals surface area contributed by atoms with Crippen molar-refractivity contribution in [3.63, 3.8) is 0 Å². The molecule has 0 unspecified atom stereocenters. The average molecular weight is 802 g/mol. The van der Waals surface area contributed by atoms with E-state index in [0.717, 1.165) is 67.1 Å². The summed E-state index contributed by atoms with van der Waals surface area (Å²) in [7, 11) is 0. The maximum absolute atomic E-state index is 5.34. The predicted molar refractivity (Wildman–Crippen MR) is 264 cm³/mol. The smallest absolute Gasteiger partial charge is 0.0722 e. The zero-order valence-corrected chi connectivity index (χ0v) is 34.4. The third kappa shape index (κ3) is 6.46. The van der Waals surface area contributed by atoms with Crippen LogP contribution >= 0.6 is 0 Å². The zero-order valence-electron chi connectivity index (χ0n) is 34.4. The van der Waals surface area contributed by atoms with Gasteiger partial charge in [0.25, 0.3) is 0 Å². The highest BCUT2D eigenvalue weighted by Crippen LogP contribution is 2.41. The van der Waals surface area contributed by atoms with E-state index in [0.29, 0.717) is 0 Å². The number of hydrogen-bond donors (Lipinski definition) is 0. The molecule has 3 heteroatoms. The van der Waals surface area contributed by atoms with Crippen LogP contribution in [-0.2, 0) is 0 Å². The molecule has 12 rings (SSSR count). The van der Waals surface area contributed by atoms with E-state index in [1.54, 1.807) is 0 Å². The number of aromatic nitrogens is 3. The Morgan fingerprint density at radius 1 is 0.270 bits per heavy atom. The molecule has 294 valence electrons. The molecule has 3 heterocycles. The molecule has 0 fully saturated rings. The fourth-order valence-electron chi connectivity index (χ4n) is 9.42. The van der Waals surface area contributed by atoms with Crippen LogP contribution in [0.15, 0.2) is 237 Å². The average Bonchev–Trinajstić information content (AvgIpc) is 3.71. The van der Waals surface area contributed by atoms with Crippen LogP contribution in [0.25, 0.3) is 116 Å². The van der Waals surface area contributed by atoms with E-state index in [2.05, 4.69) is 241 Å². The minimum Gasteiger partial charge on any atom is -0.309 e. The zero-order chi connectivity index (χ0) is 41.7. The number of benzene rings is 9. The lowest BCUT2D eigenvalue weighted by Crippen LogP contribution is -1.96. The normalized spacial score (nSPS) is 11.5. The van der Waals surface area contributed by atoms with Crippen LogP contribution in [0.3, 0.4) is 0 Å². The Morgan fingerprint density at radius 3 is 1.49 bits per heavy atom. The summed E-state index contributed by atoms with van der Waals surface area (Å²) in [5.74, 6) is 0. The third-order valence-corrected chi connectivity index (χ3v) is 12.4. The highest BCUT2D eigenvalue weighted by Gasteiger charge is 2.17. The number of pyridine rings is 2. The predicted octanol–water partition coefficient (Wildman–Crippen LogP) is 15.9. The Labute approximate surface area is 365 Å². The van der Waals surface area contributed by atoms with Crippen LogP contribution in [0.4, 0.5) is 0 Å². The van der Waals surface area contributed by atoms with Crippen LogP contribution in [0.1, 0.15) is 0 Å². The van der Waals surface area contributed by atoms with Gasteiger partial charge in [0.1, 0.15) is 0 Å². The van der Waals surface area contributed by atoms with Gasteiger partial charge in [-0.2, -0.15) is 0 Å². The van der Waals surface area contributed by atoms with Crippen molar-refractivity contribution in [3.05, 3.63) is 237 Å². The summed E-state index contributed by atoms with van der Waals surface area (Å²) in [6, 6.07) is 84.6. The van der Waals surface area contributed by atoms with E-state index in [-0.39, 0.29) is 0 Å². The van der Waals surface area contributed by atoms with Crippen LogP contribution < -0.4 is 0 Å². The second-order valence-corrected chi connectivity index (χ2v) is 16.1. The van der Waals surface area contributed by atoms with Gasteiger partial charge in [-0.3, -0.25) is 0 Å². The van der Waals surface area contributed by atoms with Gasteiger partial charge in [0.05, 0.1) is 33.6 Å². The quantitative estimate of drug-likeness (QED) is 0.150. The van der Waals surface area contributed by atoms with Crippen molar-refractivity contribution in [3.8, 4) is 72.8 Å². The van der Waals surface area contributed by atoms with E-state index < -0.39 is 0 Å². The number of rotatable bonds is 7. The first-order valence-corrected chi connectivity index (χ1v) is 21.5. The molecular weight excluding hydrogens is 763 g/mol. The van der Waals surface area contributed by atoms with Crippen LogP contribution in [0.5, 0.6) is 0 Å². The van der Waals surface area contributed by atoms with E-state index in [1.165, 1.54) is 49.3 Å². The Hall–Kier alpha value is -8.40. The standard InChI is InChI=1S/C60H39N3/c1-4-17-40(18-5-1)53-39-57(42-21-8-3-9-22-42)61-54-34-33-49-48(29-16-30-52(49)60(53)54)44-24-14-23-43(35-44)46-37-55(41-19-6-2-7-20-41)62-56(38-46)45-25-15-26-47(36-45)63-58-31-12-10-27-50(58)51-28-11-13-32-59(51)63/h1-39H. The van der Waals surface area contributed by atoms with E-state index in [4.69, 9.17) is 9.97 Å². The number of para-hydroxylation sites is 2. The highest BCUT2D eigenvalue weighted by molar-refractivity contribution is 6.17. The molecule has 0 bridgehead atoms. The molecule has 0 N–H and O–H groups in total. The summed E-state index contributed by atoms with van der Waals surface area (Å²) >= 11 is 0. The summed E-state index contributed by atoms with van der Waals surface area (Å²) in [6.07, 6.45) is 0. The lowest BCUT2D eigenvalue weighted by Gasteiger charge is -2.16. The van der Waals surface area contributed by atoms with Gasteiger partial charge in [-0.25, -0.2) is 9.97 Å².